The van der Waals surface area contributed by atoms with Gasteiger partial charge in [-0.3, -0.25) is 76.9 Å². The first-order valence-corrected chi connectivity index (χ1v) is 33.0. The van der Waals surface area contributed by atoms with E-state index >= 15 is 0 Å². The molecule has 522 valence electrons. The fourth-order valence-electron chi connectivity index (χ4n) is 10.2. The quantitative estimate of drug-likeness (QED) is 0.0308. The summed E-state index contributed by atoms with van der Waals surface area (Å²) >= 11 is 0. The molecule has 5 heterocycles. The minimum absolute atomic E-state index is 0.00837. The monoisotopic (exact) mass is 1380 g/mol. The van der Waals surface area contributed by atoms with E-state index in [1.165, 1.54) is 38.2 Å². The molecule has 1 aromatic carbocycles. The molecular formula is C57H80N20O17S2. The van der Waals surface area contributed by atoms with Gasteiger partial charge in [-0.25, -0.2) is 4.98 Å². The van der Waals surface area contributed by atoms with E-state index in [4.69, 9.17) is 17.2 Å². The van der Waals surface area contributed by atoms with Crippen LogP contribution in [0.15, 0.2) is 48.0 Å². The van der Waals surface area contributed by atoms with E-state index in [0.717, 1.165) is 21.6 Å². The lowest BCUT2D eigenvalue weighted by molar-refractivity contribution is -0.142. The number of nitrogens with zero attached hydrogens (tertiary/aromatic N) is 3. The Kier molecular flexibility index (Phi) is 28.1. The number of aliphatic carboxylic acids is 1. The highest BCUT2D eigenvalue weighted by Gasteiger charge is 2.40. The topological polar surface area (TPSA) is 579 Å². The zero-order chi connectivity index (χ0) is 70.3. The maximum absolute atomic E-state index is 14.6. The molecule has 3 saturated heterocycles. The van der Waals surface area contributed by atoms with E-state index in [1.807, 2.05) is 0 Å². The first kappa shape index (κ1) is 75.0. The summed E-state index contributed by atoms with van der Waals surface area (Å²) in [6.45, 7) is 1.78. The average Bonchev–Trinajstić information content (AvgIpc) is 1.68. The SMILES string of the molecule is C[C@@H]1NC(=O)[C@H](Cc2cnc[nH]2)NC(=O)[C@H](CC(N)=O)NC(=O)[C@H](CCC(=O)O)NC(=O)[C@@H]2CSSC[C@H](NC1=O)C(=O)N[C@@H](C)C(=O)N1CCC[C@H]1C(=O)N[C@@H](C)C(=O)N[C@@H](CO)C(=O)N[C@@H](Cc1c[nH]c3ccccc13)C(=O)N[C@@H](CCCN=C(N)N)C(=O)NCC(=O)N2. The Morgan fingerprint density at radius 3 is 1.82 bits per heavy atom. The van der Waals surface area contributed by atoms with Crippen LogP contribution in [0.1, 0.15) is 77.0 Å². The number of carbonyl (C=O) groups is 15. The number of carboxylic acid groups (broad SMARTS) is 1. The number of carbonyl (C=O) groups excluding carboxylic acids is 14. The summed E-state index contributed by atoms with van der Waals surface area (Å²) in [5.41, 5.74) is 18.0. The van der Waals surface area contributed by atoms with Crippen LogP contribution < -0.4 is 81.0 Å². The van der Waals surface area contributed by atoms with Crippen molar-refractivity contribution in [3.05, 3.63) is 54.2 Å². The molecule has 12 atom stereocenters. The number of hydrogen-bond donors (Lipinski definition) is 19. The van der Waals surface area contributed by atoms with Crippen molar-refractivity contribution in [1.29, 1.82) is 0 Å². The van der Waals surface area contributed by atoms with E-state index in [9.17, 15) is 82.1 Å². The Morgan fingerprint density at radius 1 is 0.615 bits per heavy atom. The Bertz CT molecular complexity index is 3400. The summed E-state index contributed by atoms with van der Waals surface area (Å²) in [6.07, 6.45) is 1.39. The minimum atomic E-state index is -1.90. The molecule has 0 saturated carbocycles. The highest BCUT2D eigenvalue weighted by Crippen LogP contribution is 2.25. The lowest BCUT2D eigenvalue weighted by Gasteiger charge is -2.29. The summed E-state index contributed by atoms with van der Waals surface area (Å²) in [6, 6.07) is -12.1. The molecule has 3 fully saturated rings. The lowest BCUT2D eigenvalue weighted by atomic mass is 10.0. The molecule has 0 radical (unpaired) electrons. The standard InChI is InChI=1S/C57H80N20O17S2/c1-26-46(84)76-40-24-96-95-23-39(54(92)71-34(12-13-44(81)82)48(86)74-37(18-42(58)79)51(89)73-36(49(87)66-26)17-30-20-61-25-65-30)69-43(80)21-64-47(85)33(10-6-14-62-57(59)60)70-50(88)35(16-29-19-63-32-9-5-4-8-31(29)32)72-52(90)38(22-78)75-45(83)27(2)67-55(93)41-11-7-15-77(41)56(94)28(3)68-53(40)91/h4-5,8-9,19-20,25-28,33-41,63,78H,6-7,10-18,21-24H2,1-3H3,(H2,58,79)(H,61,65)(H,64,85)(H,66,87)(H,67,93)(H,68,91)(H,69,80)(H,70,88)(H,71,92)(H,72,90)(H,73,89)(H,74,86)(H,75,83)(H,76,84)(H,81,82)(H4,59,60,62)/t26-,27-,28-,33-,34-,35-,36-,37-,38-,39-,40-,41-/m0/s1. The van der Waals surface area contributed by atoms with Gasteiger partial charge in [-0.05, 0) is 64.5 Å². The second-order valence-corrected chi connectivity index (χ2v) is 25.3. The summed E-state index contributed by atoms with van der Waals surface area (Å²) in [4.78, 5) is 224. The summed E-state index contributed by atoms with van der Waals surface area (Å²) < 4.78 is 0. The predicted molar refractivity (Wildman–Crippen MR) is 343 cm³/mol. The van der Waals surface area contributed by atoms with Crippen LogP contribution in [0, 0.1) is 0 Å². The van der Waals surface area contributed by atoms with Gasteiger partial charge in [0.15, 0.2) is 5.96 Å². The van der Waals surface area contributed by atoms with E-state index in [2.05, 4.69) is 83.7 Å². The molecule has 3 aliphatic rings. The van der Waals surface area contributed by atoms with Gasteiger partial charge in [-0.1, -0.05) is 39.8 Å². The first-order valence-electron chi connectivity index (χ1n) is 30.5. The van der Waals surface area contributed by atoms with Crippen molar-refractivity contribution in [2.24, 2.45) is 22.2 Å². The Labute approximate surface area is 556 Å². The predicted octanol–water partition coefficient (Wildman–Crippen LogP) is -7.63. The van der Waals surface area contributed by atoms with Crippen LogP contribution in [-0.2, 0) is 84.8 Å². The Hall–Kier alpha value is -10.0. The third-order valence-corrected chi connectivity index (χ3v) is 17.8. The van der Waals surface area contributed by atoms with E-state index in [0.29, 0.717) is 22.9 Å². The molecule has 39 heteroatoms. The molecule has 2 aromatic heterocycles. The number of fused-ring (bicyclic) bond motifs is 7. The second-order valence-electron chi connectivity index (χ2n) is 22.8. The number of benzene rings is 1. The molecule has 2 bridgehead atoms. The second kappa shape index (κ2) is 36.0. The zero-order valence-corrected chi connectivity index (χ0v) is 54.1. The number of nitrogens with two attached hydrogens (primary N) is 3. The number of aromatic nitrogens is 3. The van der Waals surface area contributed by atoms with Crippen LogP contribution in [0.5, 0.6) is 0 Å². The Balaban J connectivity index is 1.40. The molecule has 3 aliphatic heterocycles. The Morgan fingerprint density at radius 2 is 1.17 bits per heavy atom. The van der Waals surface area contributed by atoms with Gasteiger partial charge in [-0.15, -0.1) is 0 Å². The highest BCUT2D eigenvalue weighted by atomic mass is 33.1. The molecule has 96 heavy (non-hydrogen) atoms. The number of aliphatic imine (C=N–C) groups is 1. The van der Waals surface area contributed by atoms with Crippen molar-refractivity contribution < 1.29 is 82.1 Å². The van der Waals surface area contributed by atoms with Crippen LogP contribution in [0.3, 0.4) is 0 Å². The van der Waals surface area contributed by atoms with Crippen LogP contribution >= 0.6 is 21.6 Å². The van der Waals surface area contributed by atoms with Crippen LogP contribution in [0.25, 0.3) is 10.9 Å². The van der Waals surface area contributed by atoms with Crippen molar-refractivity contribution in [1.82, 2.24) is 83.7 Å². The molecule has 37 nitrogen and oxygen atoms in total. The van der Waals surface area contributed by atoms with Gasteiger partial charge in [0.25, 0.3) is 0 Å². The maximum atomic E-state index is 14.6. The van der Waals surface area contributed by atoms with Crippen molar-refractivity contribution >= 4 is 127 Å². The number of primary amides is 1. The number of para-hydroxylation sites is 1. The molecule has 14 amide bonds. The van der Waals surface area contributed by atoms with Gasteiger partial charge >= 0.3 is 5.97 Å². The van der Waals surface area contributed by atoms with Gasteiger partial charge < -0.3 is 106 Å². The van der Waals surface area contributed by atoms with Crippen molar-refractivity contribution in [3.63, 3.8) is 0 Å². The third-order valence-electron chi connectivity index (χ3n) is 15.4. The molecule has 0 aliphatic carbocycles. The summed E-state index contributed by atoms with van der Waals surface area (Å²) in [7, 11) is 1.64. The normalized spacial score (nSPS) is 26.6. The van der Waals surface area contributed by atoms with E-state index in [1.54, 1.807) is 30.5 Å². The number of hydrogen-bond acceptors (Lipinski definition) is 20. The van der Waals surface area contributed by atoms with E-state index < -0.39 is 205 Å². The van der Waals surface area contributed by atoms with Gasteiger partial charge in [0.2, 0.25) is 82.7 Å². The largest absolute Gasteiger partial charge is 0.481 e. The number of carboxylic acids is 1. The van der Waals surface area contributed by atoms with Crippen LogP contribution in [0.4, 0.5) is 0 Å². The van der Waals surface area contributed by atoms with Crippen molar-refractivity contribution in [2.75, 3.05) is 37.7 Å². The highest BCUT2D eigenvalue weighted by molar-refractivity contribution is 8.76. The van der Waals surface area contributed by atoms with Crippen LogP contribution in [0.2, 0.25) is 0 Å². The van der Waals surface area contributed by atoms with Crippen molar-refractivity contribution in [2.45, 2.75) is 151 Å². The van der Waals surface area contributed by atoms with Crippen LogP contribution in [-0.4, -0.2) is 235 Å². The van der Waals surface area contributed by atoms with E-state index in [-0.39, 0.29) is 56.8 Å². The van der Waals surface area contributed by atoms with Gasteiger partial charge in [0, 0.05) is 72.8 Å². The summed E-state index contributed by atoms with van der Waals surface area (Å²) in [5.74, 6) is -17.1. The molecule has 6 rings (SSSR count). The number of aliphatic hydroxyl groups excluding tert-OH is 1. The van der Waals surface area contributed by atoms with Gasteiger partial charge in [0.05, 0.1) is 25.9 Å². The molecule has 0 spiro atoms. The summed E-state index contributed by atoms with van der Waals surface area (Å²) in [5, 5.41) is 50.3. The molecule has 22 N–H and O–H groups in total. The maximum Gasteiger partial charge on any atom is 0.303 e. The minimum Gasteiger partial charge on any atom is -0.481 e. The number of amides is 14. The van der Waals surface area contributed by atoms with Crippen molar-refractivity contribution in [3.8, 4) is 0 Å². The fraction of sp³-hybridized carbons (Fsp3) is 0.526. The van der Waals surface area contributed by atoms with Gasteiger partial charge in [0.1, 0.15) is 72.5 Å². The number of rotatable bonds is 14. The third kappa shape index (κ3) is 22.3. The molecular weight excluding hydrogens is 1300 g/mol. The van der Waals surface area contributed by atoms with Gasteiger partial charge in [-0.2, -0.15) is 0 Å². The molecule has 0 unspecified atom stereocenters. The number of imidazole rings is 1. The lowest BCUT2D eigenvalue weighted by Crippen LogP contribution is -2.61. The number of aliphatic hydroxyl groups is 1. The number of guanidine groups is 1. The zero-order valence-electron chi connectivity index (χ0n) is 52.5. The number of H-pyrrole nitrogens is 2. The fourth-order valence-corrected chi connectivity index (χ4v) is 12.6. The average molecular weight is 1380 g/mol. The number of nitrogens with one attached hydrogen (secondary N) is 14. The molecule has 3 aromatic rings. The smallest absolute Gasteiger partial charge is 0.303 e. The first-order chi connectivity index (χ1) is 45.6. The number of aromatic amines is 2.